The summed E-state index contributed by atoms with van der Waals surface area (Å²) in [6.45, 7) is 4.32. The van der Waals surface area contributed by atoms with Crippen molar-refractivity contribution in [2.75, 3.05) is 32.8 Å². The Labute approximate surface area is 166 Å². The van der Waals surface area contributed by atoms with E-state index in [-0.39, 0.29) is 23.9 Å². The SMILES string of the molecule is Cl.O=C(C1CCNCC1)N1CCC2(CC1)OCCc1c2[nH]c2ccccc12. The number of nitrogens with one attached hydrogen (secondary N) is 2. The van der Waals surface area contributed by atoms with Gasteiger partial charge in [-0.1, -0.05) is 18.2 Å². The zero-order chi connectivity index (χ0) is 17.6. The largest absolute Gasteiger partial charge is 0.368 e. The number of aromatic nitrogens is 1. The van der Waals surface area contributed by atoms with Gasteiger partial charge in [0.2, 0.25) is 5.91 Å². The van der Waals surface area contributed by atoms with Gasteiger partial charge in [-0.15, -0.1) is 12.4 Å². The third-order valence-corrected chi connectivity index (χ3v) is 6.57. The van der Waals surface area contributed by atoms with Gasteiger partial charge in [0.15, 0.2) is 0 Å². The Kier molecular flexibility index (Phi) is 5.19. The van der Waals surface area contributed by atoms with Gasteiger partial charge in [0.05, 0.1) is 12.3 Å². The number of H-pyrrole nitrogens is 1. The van der Waals surface area contributed by atoms with Crippen molar-refractivity contribution < 1.29 is 9.53 Å². The molecule has 0 bridgehead atoms. The molecule has 5 nitrogen and oxygen atoms in total. The lowest BCUT2D eigenvalue weighted by Crippen LogP contribution is -2.50. The number of hydrogen-bond donors (Lipinski definition) is 2. The van der Waals surface area contributed by atoms with Crippen molar-refractivity contribution in [2.24, 2.45) is 5.92 Å². The van der Waals surface area contributed by atoms with Crippen LogP contribution < -0.4 is 5.32 Å². The normalized spacial score (nSPS) is 22.4. The molecule has 1 amide bonds. The van der Waals surface area contributed by atoms with Crippen LogP contribution in [0.5, 0.6) is 0 Å². The second-order valence-electron chi connectivity index (χ2n) is 7.97. The van der Waals surface area contributed by atoms with Crippen LogP contribution >= 0.6 is 12.4 Å². The summed E-state index contributed by atoms with van der Waals surface area (Å²) in [5.74, 6) is 0.565. The van der Waals surface area contributed by atoms with E-state index < -0.39 is 0 Å². The van der Waals surface area contributed by atoms with Crippen molar-refractivity contribution in [2.45, 2.75) is 37.7 Å². The summed E-state index contributed by atoms with van der Waals surface area (Å²) in [6.07, 6.45) is 4.71. The summed E-state index contributed by atoms with van der Waals surface area (Å²) in [7, 11) is 0. The maximum atomic E-state index is 12.9. The number of likely N-dealkylation sites (tertiary alicyclic amines) is 1. The molecular formula is C21H28ClN3O2. The van der Waals surface area contributed by atoms with Gasteiger partial charge < -0.3 is 19.9 Å². The molecule has 146 valence electrons. The number of piperidine rings is 2. The van der Waals surface area contributed by atoms with Crippen LogP contribution in [0.15, 0.2) is 24.3 Å². The molecule has 3 aliphatic rings. The van der Waals surface area contributed by atoms with E-state index in [4.69, 9.17) is 4.74 Å². The predicted molar refractivity (Wildman–Crippen MR) is 108 cm³/mol. The van der Waals surface area contributed by atoms with Crippen LogP contribution in [0.4, 0.5) is 0 Å². The molecule has 0 atom stereocenters. The first-order chi connectivity index (χ1) is 12.8. The van der Waals surface area contributed by atoms with Crippen LogP contribution in [0.3, 0.4) is 0 Å². The second-order valence-corrected chi connectivity index (χ2v) is 7.97. The Morgan fingerprint density at radius 1 is 1.15 bits per heavy atom. The van der Waals surface area contributed by atoms with Crippen molar-refractivity contribution in [1.29, 1.82) is 0 Å². The number of ether oxygens (including phenoxy) is 1. The maximum absolute atomic E-state index is 12.9. The number of aromatic amines is 1. The molecule has 0 saturated carbocycles. The van der Waals surface area contributed by atoms with Crippen molar-refractivity contribution in [1.82, 2.24) is 15.2 Å². The van der Waals surface area contributed by atoms with Crippen molar-refractivity contribution in [3.8, 4) is 0 Å². The predicted octanol–water partition coefficient (Wildman–Crippen LogP) is 2.98. The molecule has 3 aliphatic heterocycles. The minimum atomic E-state index is -0.239. The molecular weight excluding hydrogens is 362 g/mol. The molecule has 2 fully saturated rings. The molecule has 1 aromatic heterocycles. The summed E-state index contributed by atoms with van der Waals surface area (Å²) >= 11 is 0. The van der Waals surface area contributed by atoms with Crippen LogP contribution in [0, 0.1) is 5.92 Å². The highest BCUT2D eigenvalue weighted by Gasteiger charge is 2.44. The highest BCUT2D eigenvalue weighted by molar-refractivity contribution is 5.86. The van der Waals surface area contributed by atoms with E-state index in [1.165, 1.54) is 22.2 Å². The van der Waals surface area contributed by atoms with Gasteiger partial charge in [0.1, 0.15) is 5.60 Å². The van der Waals surface area contributed by atoms with E-state index in [9.17, 15) is 4.79 Å². The minimum Gasteiger partial charge on any atom is -0.368 e. The van der Waals surface area contributed by atoms with E-state index in [0.29, 0.717) is 5.91 Å². The molecule has 2 saturated heterocycles. The fourth-order valence-electron chi connectivity index (χ4n) is 5.08. The van der Waals surface area contributed by atoms with Crippen LogP contribution in [-0.2, 0) is 21.6 Å². The number of fused-ring (bicyclic) bond motifs is 4. The Morgan fingerprint density at radius 3 is 2.67 bits per heavy atom. The molecule has 0 radical (unpaired) electrons. The summed E-state index contributed by atoms with van der Waals surface area (Å²) < 4.78 is 6.36. The Morgan fingerprint density at radius 2 is 1.89 bits per heavy atom. The lowest BCUT2D eigenvalue weighted by molar-refractivity contribution is -0.145. The van der Waals surface area contributed by atoms with Crippen molar-refractivity contribution in [3.05, 3.63) is 35.5 Å². The van der Waals surface area contributed by atoms with E-state index in [0.717, 1.165) is 64.9 Å². The van der Waals surface area contributed by atoms with Gasteiger partial charge in [-0.3, -0.25) is 4.79 Å². The van der Waals surface area contributed by atoms with E-state index >= 15 is 0 Å². The molecule has 6 heteroatoms. The number of rotatable bonds is 1. The molecule has 0 aliphatic carbocycles. The molecule has 1 aromatic carbocycles. The van der Waals surface area contributed by atoms with Crippen LogP contribution in [0.2, 0.25) is 0 Å². The maximum Gasteiger partial charge on any atom is 0.225 e. The average Bonchev–Trinajstić information content (AvgIpc) is 3.09. The van der Waals surface area contributed by atoms with Crippen LogP contribution in [0.1, 0.15) is 36.9 Å². The fourth-order valence-corrected chi connectivity index (χ4v) is 5.08. The molecule has 1 spiro atoms. The highest BCUT2D eigenvalue weighted by atomic mass is 35.5. The molecule has 27 heavy (non-hydrogen) atoms. The lowest BCUT2D eigenvalue weighted by Gasteiger charge is -2.44. The van der Waals surface area contributed by atoms with Gasteiger partial charge >= 0.3 is 0 Å². The van der Waals surface area contributed by atoms with E-state index in [1.54, 1.807) is 0 Å². The fraction of sp³-hybridized carbons (Fsp3) is 0.571. The number of amides is 1. The number of benzene rings is 1. The molecule has 0 unspecified atom stereocenters. The highest BCUT2D eigenvalue weighted by Crippen LogP contribution is 2.43. The first kappa shape index (κ1) is 18.8. The molecule has 5 rings (SSSR count). The Balaban J connectivity index is 0.00000180. The number of para-hydroxylation sites is 1. The van der Waals surface area contributed by atoms with Crippen LogP contribution in [-0.4, -0.2) is 48.6 Å². The number of carbonyl (C=O) groups excluding carboxylic acids is 1. The summed E-state index contributed by atoms with van der Waals surface area (Å²) in [5, 5.41) is 4.68. The third kappa shape index (κ3) is 3.16. The zero-order valence-electron chi connectivity index (χ0n) is 15.6. The average molecular weight is 390 g/mol. The molecule has 2 N–H and O–H groups in total. The van der Waals surface area contributed by atoms with Gasteiger partial charge in [-0.25, -0.2) is 0 Å². The number of halogens is 1. The second kappa shape index (κ2) is 7.46. The molecule has 4 heterocycles. The van der Waals surface area contributed by atoms with Gasteiger partial charge in [-0.05, 0) is 56.8 Å². The van der Waals surface area contributed by atoms with Crippen molar-refractivity contribution in [3.63, 3.8) is 0 Å². The number of carbonyl (C=O) groups is 1. The number of nitrogens with zero attached hydrogens (tertiary/aromatic N) is 1. The van der Waals surface area contributed by atoms with E-state index in [2.05, 4.69) is 39.5 Å². The number of hydrogen-bond acceptors (Lipinski definition) is 3. The zero-order valence-corrected chi connectivity index (χ0v) is 16.4. The third-order valence-electron chi connectivity index (χ3n) is 6.57. The standard InChI is InChI=1S/C21H27N3O2.ClH/c25-20(15-5-10-22-11-6-15)24-12-8-21(9-13-24)19-17(7-14-26-21)16-3-1-2-4-18(16)23-19;/h1-4,15,22-23H,5-14H2;1H. The smallest absolute Gasteiger partial charge is 0.225 e. The van der Waals surface area contributed by atoms with Gasteiger partial charge in [0.25, 0.3) is 0 Å². The minimum absolute atomic E-state index is 0. The summed E-state index contributed by atoms with van der Waals surface area (Å²) in [6, 6.07) is 8.55. The van der Waals surface area contributed by atoms with Gasteiger partial charge in [0, 0.05) is 29.9 Å². The first-order valence-corrected chi connectivity index (χ1v) is 10.0. The Hall–Kier alpha value is -1.56. The topological polar surface area (TPSA) is 57.4 Å². The lowest BCUT2D eigenvalue weighted by atomic mass is 9.82. The summed E-state index contributed by atoms with van der Waals surface area (Å²) in [4.78, 5) is 18.6. The molecule has 2 aromatic rings. The van der Waals surface area contributed by atoms with Gasteiger partial charge in [-0.2, -0.15) is 0 Å². The first-order valence-electron chi connectivity index (χ1n) is 10.0. The van der Waals surface area contributed by atoms with E-state index in [1.807, 2.05) is 0 Å². The quantitative estimate of drug-likeness (QED) is 0.788. The van der Waals surface area contributed by atoms with Crippen LogP contribution in [0.25, 0.3) is 10.9 Å². The summed E-state index contributed by atoms with van der Waals surface area (Å²) in [5.41, 5.74) is 3.65. The van der Waals surface area contributed by atoms with Crippen molar-refractivity contribution >= 4 is 29.2 Å². The Bertz CT molecular complexity index is 820. The monoisotopic (exact) mass is 389 g/mol.